The minimum atomic E-state index is 0.462. The number of ether oxygens (including phenoxy) is 1. The number of hydrogen-bond donors (Lipinski definition) is 1. The Morgan fingerprint density at radius 3 is 2.86 bits per heavy atom. The van der Waals surface area contributed by atoms with Crippen LogP contribution in [-0.2, 0) is 11.3 Å². The first-order valence-electron chi connectivity index (χ1n) is 8.63. The number of piperidine rings is 2. The lowest BCUT2D eigenvalue weighted by atomic mass is 9.97. The van der Waals surface area contributed by atoms with Gasteiger partial charge in [-0.1, -0.05) is 0 Å². The molecule has 0 aromatic carbocycles. The van der Waals surface area contributed by atoms with Gasteiger partial charge in [0, 0.05) is 19.7 Å². The molecule has 1 atom stereocenters. The maximum atomic E-state index is 6.11. The molecule has 3 heterocycles. The Morgan fingerprint density at radius 1 is 1.32 bits per heavy atom. The third-order valence-electron chi connectivity index (χ3n) is 4.74. The topological polar surface area (TPSA) is 50.3 Å². The van der Waals surface area contributed by atoms with Crippen LogP contribution in [0.1, 0.15) is 42.9 Å². The van der Waals surface area contributed by atoms with Crippen molar-refractivity contribution in [3.05, 3.63) is 10.8 Å². The van der Waals surface area contributed by atoms with Crippen molar-refractivity contribution in [3.63, 3.8) is 0 Å². The molecule has 2 aliphatic heterocycles. The molecule has 2 fully saturated rings. The molecule has 2 saturated heterocycles. The average molecular weight is 324 g/mol. The van der Waals surface area contributed by atoms with E-state index in [9.17, 15) is 0 Å². The highest BCUT2D eigenvalue weighted by Crippen LogP contribution is 2.19. The molecule has 1 unspecified atom stereocenters. The number of likely N-dealkylation sites (tertiary alicyclic amines) is 1. The van der Waals surface area contributed by atoms with E-state index in [4.69, 9.17) is 4.74 Å². The minimum Gasteiger partial charge on any atom is -0.378 e. The number of aryl methyl sites for hydroxylation is 1. The van der Waals surface area contributed by atoms with Crippen molar-refractivity contribution >= 4 is 11.5 Å². The van der Waals surface area contributed by atoms with Crippen molar-refractivity contribution in [3.8, 4) is 0 Å². The third kappa shape index (κ3) is 4.98. The monoisotopic (exact) mass is 324 g/mol. The summed E-state index contributed by atoms with van der Waals surface area (Å²) in [7, 11) is 0. The summed E-state index contributed by atoms with van der Waals surface area (Å²) in [5.74, 6) is 1.73. The largest absolute Gasteiger partial charge is 0.378 e. The zero-order valence-electron chi connectivity index (χ0n) is 13.6. The van der Waals surface area contributed by atoms with E-state index < -0.39 is 0 Å². The zero-order chi connectivity index (χ0) is 15.2. The van der Waals surface area contributed by atoms with E-state index in [1.807, 2.05) is 6.92 Å². The van der Waals surface area contributed by atoms with Crippen LogP contribution < -0.4 is 5.32 Å². The van der Waals surface area contributed by atoms with Gasteiger partial charge in [0.25, 0.3) is 0 Å². The number of aromatic nitrogens is 2. The number of rotatable bonds is 6. The van der Waals surface area contributed by atoms with Gasteiger partial charge in [0.05, 0.1) is 12.6 Å². The predicted octanol–water partition coefficient (Wildman–Crippen LogP) is 2.22. The van der Waals surface area contributed by atoms with Gasteiger partial charge < -0.3 is 10.1 Å². The summed E-state index contributed by atoms with van der Waals surface area (Å²) in [4.78, 5) is 6.93. The summed E-state index contributed by atoms with van der Waals surface area (Å²) in [5.41, 5.74) is 0. The van der Waals surface area contributed by atoms with Crippen LogP contribution in [0.4, 0.5) is 0 Å². The first kappa shape index (κ1) is 16.3. The van der Waals surface area contributed by atoms with E-state index in [1.54, 1.807) is 0 Å². The highest BCUT2D eigenvalue weighted by Gasteiger charge is 2.21. The number of hydrogen-bond acceptors (Lipinski definition) is 6. The molecular formula is C16H28N4OS. The summed E-state index contributed by atoms with van der Waals surface area (Å²) < 4.78 is 10.4. The zero-order valence-corrected chi connectivity index (χ0v) is 14.4. The molecule has 1 N–H and O–H groups in total. The van der Waals surface area contributed by atoms with Crippen LogP contribution in [0.25, 0.3) is 0 Å². The fourth-order valence-corrected chi connectivity index (χ4v) is 4.09. The Labute approximate surface area is 137 Å². The highest BCUT2D eigenvalue weighted by molar-refractivity contribution is 7.05. The second-order valence-corrected chi connectivity index (χ2v) is 7.42. The fraction of sp³-hybridized carbons (Fsp3) is 0.875. The fourth-order valence-electron chi connectivity index (χ4n) is 3.40. The number of nitrogens with zero attached hydrogens (tertiary/aromatic N) is 3. The molecule has 124 valence electrons. The van der Waals surface area contributed by atoms with Gasteiger partial charge in [-0.25, -0.2) is 4.98 Å². The van der Waals surface area contributed by atoms with Crippen molar-refractivity contribution in [1.29, 1.82) is 0 Å². The van der Waals surface area contributed by atoms with E-state index in [0.717, 1.165) is 55.8 Å². The highest BCUT2D eigenvalue weighted by atomic mass is 32.1. The van der Waals surface area contributed by atoms with Gasteiger partial charge in [0.2, 0.25) is 0 Å². The van der Waals surface area contributed by atoms with E-state index in [0.29, 0.717) is 6.10 Å². The van der Waals surface area contributed by atoms with Crippen LogP contribution in [-0.4, -0.2) is 53.1 Å². The first-order valence-corrected chi connectivity index (χ1v) is 9.41. The van der Waals surface area contributed by atoms with Crippen LogP contribution in [0, 0.1) is 12.8 Å². The lowest BCUT2D eigenvalue weighted by Crippen LogP contribution is -2.37. The van der Waals surface area contributed by atoms with Crippen molar-refractivity contribution < 1.29 is 4.74 Å². The van der Waals surface area contributed by atoms with Crippen molar-refractivity contribution in [2.24, 2.45) is 5.92 Å². The third-order valence-corrected chi connectivity index (χ3v) is 5.53. The standard InChI is InChI=1S/C16H28N4OS/c1-13-18-16(22-19-13)12-20-8-4-15(5-9-20)21-10-6-14-3-2-7-17-11-14/h14-15,17H,2-12H2,1H3. The molecular weight excluding hydrogens is 296 g/mol. The molecule has 0 saturated carbocycles. The molecule has 1 aromatic rings. The Kier molecular flexibility index (Phi) is 6.18. The lowest BCUT2D eigenvalue weighted by Gasteiger charge is -2.31. The molecule has 0 radical (unpaired) electrons. The van der Waals surface area contributed by atoms with Crippen molar-refractivity contribution in [2.45, 2.75) is 51.7 Å². The predicted molar refractivity (Wildman–Crippen MR) is 89.1 cm³/mol. The summed E-state index contributed by atoms with van der Waals surface area (Å²) >= 11 is 1.53. The van der Waals surface area contributed by atoms with Crippen LogP contribution in [0.3, 0.4) is 0 Å². The smallest absolute Gasteiger partial charge is 0.139 e. The molecule has 22 heavy (non-hydrogen) atoms. The normalized spacial score (nSPS) is 24.7. The van der Waals surface area contributed by atoms with E-state index in [-0.39, 0.29) is 0 Å². The quantitative estimate of drug-likeness (QED) is 0.869. The Balaban J connectivity index is 1.30. The Hall–Kier alpha value is -0.560. The van der Waals surface area contributed by atoms with Crippen LogP contribution in [0.2, 0.25) is 0 Å². The van der Waals surface area contributed by atoms with E-state index >= 15 is 0 Å². The van der Waals surface area contributed by atoms with Crippen molar-refractivity contribution in [2.75, 3.05) is 32.8 Å². The van der Waals surface area contributed by atoms with Gasteiger partial charge in [-0.3, -0.25) is 4.90 Å². The van der Waals surface area contributed by atoms with Gasteiger partial charge in [0.15, 0.2) is 0 Å². The summed E-state index contributed by atoms with van der Waals surface area (Å²) in [6, 6.07) is 0. The second kappa shape index (κ2) is 8.34. The van der Waals surface area contributed by atoms with Gasteiger partial charge in [-0.15, -0.1) is 0 Å². The summed E-state index contributed by atoms with van der Waals surface area (Å²) in [6.45, 7) is 8.47. The van der Waals surface area contributed by atoms with Gasteiger partial charge in [0.1, 0.15) is 10.8 Å². The Bertz CT molecular complexity index is 439. The molecule has 0 spiro atoms. The van der Waals surface area contributed by atoms with Gasteiger partial charge in [-0.2, -0.15) is 4.37 Å². The molecule has 1 aromatic heterocycles. The SMILES string of the molecule is Cc1nsc(CN2CCC(OCCC3CCCNC3)CC2)n1. The molecule has 0 amide bonds. The van der Waals surface area contributed by atoms with Crippen molar-refractivity contribution in [1.82, 2.24) is 19.6 Å². The molecule has 5 nitrogen and oxygen atoms in total. The molecule has 2 aliphatic rings. The van der Waals surface area contributed by atoms with E-state index in [2.05, 4.69) is 19.6 Å². The van der Waals surface area contributed by atoms with Crippen LogP contribution in [0.5, 0.6) is 0 Å². The maximum absolute atomic E-state index is 6.11. The van der Waals surface area contributed by atoms with E-state index in [1.165, 1.54) is 43.9 Å². The first-order chi connectivity index (χ1) is 10.8. The average Bonchev–Trinajstić information content (AvgIpc) is 2.95. The van der Waals surface area contributed by atoms with Gasteiger partial charge in [-0.05, 0) is 69.6 Å². The lowest BCUT2D eigenvalue weighted by molar-refractivity contribution is -0.000510. The Morgan fingerprint density at radius 2 is 2.18 bits per heavy atom. The maximum Gasteiger partial charge on any atom is 0.139 e. The molecule has 0 bridgehead atoms. The summed E-state index contributed by atoms with van der Waals surface area (Å²) in [6.07, 6.45) is 6.69. The summed E-state index contributed by atoms with van der Waals surface area (Å²) in [5, 5.41) is 4.62. The molecule has 6 heteroatoms. The van der Waals surface area contributed by atoms with Crippen LogP contribution >= 0.6 is 11.5 Å². The molecule has 0 aliphatic carbocycles. The number of nitrogens with one attached hydrogen (secondary N) is 1. The minimum absolute atomic E-state index is 0.462. The van der Waals surface area contributed by atoms with Crippen LogP contribution in [0.15, 0.2) is 0 Å². The second-order valence-electron chi connectivity index (χ2n) is 6.58. The van der Waals surface area contributed by atoms with Gasteiger partial charge >= 0.3 is 0 Å². The molecule has 3 rings (SSSR count).